The molecule has 0 radical (unpaired) electrons. The minimum Gasteiger partial charge on any atom is -0.322 e. The third kappa shape index (κ3) is 5.34. The molecule has 1 amide bonds. The van der Waals surface area contributed by atoms with Gasteiger partial charge in [-0.05, 0) is 31.0 Å². The maximum Gasteiger partial charge on any atom is 0.241 e. The number of hydrogen-bond acceptors (Lipinski definition) is 3. The highest BCUT2D eigenvalue weighted by Crippen LogP contribution is 2.17. The van der Waals surface area contributed by atoms with Gasteiger partial charge in [-0.15, -0.1) is 0 Å². The van der Waals surface area contributed by atoms with E-state index >= 15 is 0 Å². The number of halogens is 2. The van der Waals surface area contributed by atoms with Crippen LogP contribution in [0.2, 0.25) is 0 Å². The van der Waals surface area contributed by atoms with Gasteiger partial charge in [-0.2, -0.15) is 0 Å². The first-order valence-corrected chi connectivity index (χ1v) is 9.29. The van der Waals surface area contributed by atoms with Crippen LogP contribution in [0.4, 0.5) is 14.5 Å². The van der Waals surface area contributed by atoms with Crippen molar-refractivity contribution in [2.45, 2.75) is 19.4 Å². The summed E-state index contributed by atoms with van der Waals surface area (Å²) in [7, 11) is 0. The molecule has 0 bridgehead atoms. The van der Waals surface area contributed by atoms with Gasteiger partial charge in [-0.3, -0.25) is 9.69 Å². The van der Waals surface area contributed by atoms with Crippen LogP contribution in [0.15, 0.2) is 48.5 Å². The van der Waals surface area contributed by atoms with Gasteiger partial charge in [0.2, 0.25) is 5.91 Å². The molecule has 2 aromatic carbocycles. The smallest absolute Gasteiger partial charge is 0.241 e. The van der Waals surface area contributed by atoms with Gasteiger partial charge in [-0.25, -0.2) is 8.78 Å². The Balaban J connectivity index is 1.47. The Morgan fingerprint density at radius 1 is 1.07 bits per heavy atom. The number of rotatable bonds is 6. The van der Waals surface area contributed by atoms with Crippen molar-refractivity contribution in [1.29, 1.82) is 0 Å². The van der Waals surface area contributed by atoms with Gasteiger partial charge in [0.15, 0.2) is 0 Å². The van der Waals surface area contributed by atoms with Crippen LogP contribution in [-0.4, -0.2) is 54.5 Å². The SMILES string of the molecule is CC(C(=O)Nc1cc(F)ccc1F)N1CCN(CCc2ccccc2)CC1. The maximum absolute atomic E-state index is 13.7. The van der Waals surface area contributed by atoms with Gasteiger partial charge in [0.1, 0.15) is 11.6 Å². The fraction of sp³-hybridized carbons (Fsp3) is 0.381. The number of carbonyl (C=O) groups excluding carboxylic acids is 1. The van der Waals surface area contributed by atoms with Crippen LogP contribution in [0.1, 0.15) is 12.5 Å². The number of carbonyl (C=O) groups is 1. The van der Waals surface area contributed by atoms with E-state index in [9.17, 15) is 13.6 Å². The molecular formula is C21H25F2N3O. The molecule has 3 rings (SSSR count). The highest BCUT2D eigenvalue weighted by atomic mass is 19.1. The lowest BCUT2D eigenvalue weighted by molar-refractivity contribution is -0.121. The van der Waals surface area contributed by atoms with Crippen LogP contribution in [0.25, 0.3) is 0 Å². The van der Waals surface area contributed by atoms with Crippen LogP contribution in [0, 0.1) is 11.6 Å². The number of nitrogens with one attached hydrogen (secondary N) is 1. The fourth-order valence-electron chi connectivity index (χ4n) is 3.30. The molecule has 1 unspecified atom stereocenters. The highest BCUT2D eigenvalue weighted by Gasteiger charge is 2.26. The van der Waals surface area contributed by atoms with Crippen LogP contribution < -0.4 is 5.32 Å². The third-order valence-electron chi connectivity index (χ3n) is 5.08. The minimum atomic E-state index is -0.636. The molecule has 1 heterocycles. The molecule has 1 atom stereocenters. The lowest BCUT2D eigenvalue weighted by Gasteiger charge is -2.37. The van der Waals surface area contributed by atoms with Crippen molar-refractivity contribution in [3.8, 4) is 0 Å². The second-order valence-corrected chi connectivity index (χ2v) is 6.90. The summed E-state index contributed by atoms with van der Waals surface area (Å²) in [6.07, 6.45) is 1.01. The second-order valence-electron chi connectivity index (χ2n) is 6.90. The van der Waals surface area contributed by atoms with E-state index in [2.05, 4.69) is 39.4 Å². The van der Waals surface area contributed by atoms with Crippen molar-refractivity contribution in [2.75, 3.05) is 38.0 Å². The van der Waals surface area contributed by atoms with Gasteiger partial charge >= 0.3 is 0 Å². The lowest BCUT2D eigenvalue weighted by Crippen LogP contribution is -2.53. The molecule has 1 aliphatic rings. The Morgan fingerprint density at radius 2 is 1.78 bits per heavy atom. The van der Waals surface area contributed by atoms with E-state index in [0.29, 0.717) is 0 Å². The van der Waals surface area contributed by atoms with Crippen molar-refractivity contribution in [2.24, 2.45) is 0 Å². The third-order valence-corrected chi connectivity index (χ3v) is 5.08. The van der Waals surface area contributed by atoms with Crippen LogP contribution in [0.3, 0.4) is 0 Å². The van der Waals surface area contributed by atoms with Crippen LogP contribution in [0.5, 0.6) is 0 Å². The number of amides is 1. The molecule has 4 nitrogen and oxygen atoms in total. The van der Waals surface area contributed by atoms with Crippen molar-refractivity contribution < 1.29 is 13.6 Å². The zero-order valence-corrected chi connectivity index (χ0v) is 15.5. The molecule has 144 valence electrons. The Morgan fingerprint density at radius 3 is 2.48 bits per heavy atom. The predicted molar refractivity (Wildman–Crippen MR) is 103 cm³/mol. The fourth-order valence-corrected chi connectivity index (χ4v) is 3.30. The van der Waals surface area contributed by atoms with Gasteiger partial charge in [-0.1, -0.05) is 30.3 Å². The van der Waals surface area contributed by atoms with Crippen molar-refractivity contribution >= 4 is 11.6 Å². The number of hydrogen-bond donors (Lipinski definition) is 1. The minimum absolute atomic E-state index is 0.117. The zero-order chi connectivity index (χ0) is 19.2. The van der Waals surface area contributed by atoms with Crippen molar-refractivity contribution in [3.63, 3.8) is 0 Å². The Kier molecular flexibility index (Phi) is 6.53. The van der Waals surface area contributed by atoms with Crippen LogP contribution in [-0.2, 0) is 11.2 Å². The normalized spacial score (nSPS) is 16.9. The number of benzene rings is 2. The highest BCUT2D eigenvalue weighted by molar-refractivity contribution is 5.94. The summed E-state index contributed by atoms with van der Waals surface area (Å²) in [5.41, 5.74) is 1.21. The molecule has 2 aromatic rings. The molecular weight excluding hydrogens is 348 g/mol. The van der Waals surface area contributed by atoms with Gasteiger partial charge in [0, 0.05) is 38.8 Å². The summed E-state index contributed by atoms with van der Waals surface area (Å²) in [5.74, 6) is -1.54. The molecule has 27 heavy (non-hydrogen) atoms. The molecule has 0 aliphatic carbocycles. The number of piperazine rings is 1. The molecule has 1 aliphatic heterocycles. The van der Waals surface area contributed by atoms with E-state index in [0.717, 1.165) is 57.3 Å². The Hall–Kier alpha value is -2.31. The van der Waals surface area contributed by atoms with E-state index in [1.54, 1.807) is 6.92 Å². The maximum atomic E-state index is 13.7. The quantitative estimate of drug-likeness (QED) is 0.845. The first-order chi connectivity index (χ1) is 13.0. The second kappa shape index (κ2) is 9.06. The number of nitrogens with zero attached hydrogens (tertiary/aromatic N) is 2. The summed E-state index contributed by atoms with van der Waals surface area (Å²) in [6.45, 7) is 6.11. The molecule has 1 N–H and O–H groups in total. The molecule has 6 heteroatoms. The van der Waals surface area contributed by atoms with Gasteiger partial charge in [0.05, 0.1) is 11.7 Å². The van der Waals surface area contributed by atoms with E-state index in [-0.39, 0.29) is 11.6 Å². The number of anilines is 1. The molecule has 1 fully saturated rings. The Bertz CT molecular complexity index is 761. The van der Waals surface area contributed by atoms with Gasteiger partial charge < -0.3 is 10.2 Å². The summed E-state index contributed by atoms with van der Waals surface area (Å²) in [4.78, 5) is 16.9. The lowest BCUT2D eigenvalue weighted by atomic mass is 10.1. The van der Waals surface area contributed by atoms with Crippen molar-refractivity contribution in [1.82, 2.24) is 9.80 Å². The summed E-state index contributed by atoms with van der Waals surface area (Å²) in [5, 5.41) is 2.50. The first kappa shape index (κ1) is 19.5. The summed E-state index contributed by atoms with van der Waals surface area (Å²) < 4.78 is 27.0. The molecule has 0 saturated carbocycles. The predicted octanol–water partition coefficient (Wildman–Crippen LogP) is 3.15. The van der Waals surface area contributed by atoms with E-state index in [1.165, 1.54) is 5.56 Å². The monoisotopic (exact) mass is 373 g/mol. The topological polar surface area (TPSA) is 35.6 Å². The average Bonchev–Trinajstić information content (AvgIpc) is 2.70. The summed E-state index contributed by atoms with van der Waals surface area (Å²) >= 11 is 0. The zero-order valence-electron chi connectivity index (χ0n) is 15.5. The van der Waals surface area contributed by atoms with E-state index < -0.39 is 17.7 Å². The Labute approximate surface area is 158 Å². The average molecular weight is 373 g/mol. The standard InChI is InChI=1S/C21H25F2N3O/c1-16(21(27)24-20-15-18(22)7-8-19(20)23)26-13-11-25(12-14-26)10-9-17-5-3-2-4-6-17/h2-8,15-16H,9-14H2,1H3,(H,24,27). The van der Waals surface area contributed by atoms with Crippen LogP contribution >= 0.6 is 0 Å². The largest absolute Gasteiger partial charge is 0.322 e. The van der Waals surface area contributed by atoms with E-state index in [1.807, 2.05) is 6.07 Å². The molecule has 1 saturated heterocycles. The van der Waals surface area contributed by atoms with E-state index in [4.69, 9.17) is 0 Å². The van der Waals surface area contributed by atoms with Crippen molar-refractivity contribution in [3.05, 3.63) is 65.7 Å². The molecule has 0 aromatic heterocycles. The van der Waals surface area contributed by atoms with Gasteiger partial charge in [0.25, 0.3) is 0 Å². The summed E-state index contributed by atoms with van der Waals surface area (Å²) in [6, 6.07) is 13.0. The first-order valence-electron chi connectivity index (χ1n) is 9.29. The molecule has 0 spiro atoms.